The number of aromatic nitrogens is 2. The zero-order chi connectivity index (χ0) is 22.8. The van der Waals surface area contributed by atoms with Crippen molar-refractivity contribution in [2.75, 3.05) is 5.32 Å². The van der Waals surface area contributed by atoms with E-state index in [-0.39, 0.29) is 17.1 Å². The molecule has 3 aromatic rings. The first kappa shape index (κ1) is 21.3. The normalized spacial score (nSPS) is 19.4. The Labute approximate surface area is 198 Å². The molecule has 1 aliphatic carbocycles. The van der Waals surface area contributed by atoms with Crippen molar-refractivity contribution in [1.29, 1.82) is 0 Å². The van der Waals surface area contributed by atoms with Crippen LogP contribution in [-0.2, 0) is 4.79 Å². The predicted octanol–water partition coefficient (Wildman–Crippen LogP) is 7.00. The molecule has 32 heavy (non-hydrogen) atoms. The summed E-state index contributed by atoms with van der Waals surface area (Å²) in [5.41, 5.74) is 6.43. The monoisotopic (exact) mass is 465 g/mol. The molecule has 2 aromatic carbocycles. The van der Waals surface area contributed by atoms with Crippen LogP contribution in [0.15, 0.2) is 53.7 Å². The number of anilines is 1. The van der Waals surface area contributed by atoms with Gasteiger partial charge in [-0.15, -0.1) is 0 Å². The molecule has 5 rings (SSSR count). The van der Waals surface area contributed by atoms with E-state index in [4.69, 9.17) is 28.3 Å². The van der Waals surface area contributed by atoms with Crippen molar-refractivity contribution >= 4 is 34.8 Å². The molecule has 2 aliphatic rings. The van der Waals surface area contributed by atoms with Gasteiger partial charge in [0.15, 0.2) is 5.78 Å². The molecule has 0 radical (unpaired) electrons. The second kappa shape index (κ2) is 7.50. The van der Waals surface area contributed by atoms with Crippen molar-refractivity contribution in [2.45, 2.75) is 46.5 Å². The van der Waals surface area contributed by atoms with E-state index in [1.54, 1.807) is 6.07 Å². The van der Waals surface area contributed by atoms with Crippen LogP contribution in [0.2, 0.25) is 10.0 Å². The van der Waals surface area contributed by atoms with Crippen LogP contribution in [0.25, 0.3) is 5.69 Å². The summed E-state index contributed by atoms with van der Waals surface area (Å²) in [6.07, 6.45) is 1.28. The number of ketones is 1. The van der Waals surface area contributed by atoms with Crippen LogP contribution in [0.5, 0.6) is 0 Å². The van der Waals surface area contributed by atoms with Gasteiger partial charge in [0.1, 0.15) is 5.82 Å². The zero-order valence-corrected chi connectivity index (χ0v) is 20.1. The third-order valence-corrected chi connectivity index (χ3v) is 7.25. The lowest BCUT2D eigenvalue weighted by atomic mass is 9.69. The Bertz CT molecular complexity index is 1300. The molecule has 6 heteroatoms. The van der Waals surface area contributed by atoms with Crippen LogP contribution in [0.3, 0.4) is 0 Å². The fraction of sp³-hybridized carbons (Fsp3) is 0.308. The van der Waals surface area contributed by atoms with Crippen molar-refractivity contribution in [3.8, 4) is 5.69 Å². The van der Waals surface area contributed by atoms with Crippen LogP contribution in [0.1, 0.15) is 55.0 Å². The molecule has 0 saturated carbocycles. The molecule has 0 saturated heterocycles. The summed E-state index contributed by atoms with van der Waals surface area (Å²) in [4.78, 5) is 13.5. The number of nitrogens with zero attached hydrogens (tertiary/aromatic N) is 2. The largest absolute Gasteiger partial charge is 0.343 e. The van der Waals surface area contributed by atoms with Crippen molar-refractivity contribution in [3.05, 3.63) is 86.2 Å². The van der Waals surface area contributed by atoms with Gasteiger partial charge in [0, 0.05) is 29.2 Å². The molecule has 1 atom stereocenters. The Morgan fingerprint density at radius 3 is 2.59 bits per heavy atom. The van der Waals surface area contributed by atoms with Gasteiger partial charge in [-0.05, 0) is 55.0 Å². The minimum absolute atomic E-state index is 0.119. The van der Waals surface area contributed by atoms with Gasteiger partial charge in [-0.1, -0.05) is 61.3 Å². The van der Waals surface area contributed by atoms with E-state index in [1.165, 1.54) is 0 Å². The van der Waals surface area contributed by atoms with Gasteiger partial charge in [0.05, 0.1) is 21.4 Å². The highest BCUT2D eigenvalue weighted by Gasteiger charge is 2.43. The first-order valence-corrected chi connectivity index (χ1v) is 11.6. The molecule has 2 heterocycles. The molecule has 164 valence electrons. The summed E-state index contributed by atoms with van der Waals surface area (Å²) >= 11 is 13.1. The van der Waals surface area contributed by atoms with Gasteiger partial charge in [0.25, 0.3) is 0 Å². The molecule has 0 spiro atoms. The summed E-state index contributed by atoms with van der Waals surface area (Å²) in [6, 6.07) is 13.9. The molecule has 1 unspecified atom stereocenters. The lowest BCUT2D eigenvalue weighted by Gasteiger charge is -2.39. The maximum absolute atomic E-state index is 13.5. The van der Waals surface area contributed by atoms with E-state index in [0.29, 0.717) is 16.5 Å². The van der Waals surface area contributed by atoms with Gasteiger partial charge in [-0.3, -0.25) is 4.79 Å². The summed E-state index contributed by atoms with van der Waals surface area (Å²) in [7, 11) is 0. The van der Waals surface area contributed by atoms with Crippen LogP contribution >= 0.6 is 23.2 Å². The average molecular weight is 466 g/mol. The van der Waals surface area contributed by atoms with Crippen LogP contribution < -0.4 is 5.32 Å². The van der Waals surface area contributed by atoms with Gasteiger partial charge in [-0.2, -0.15) is 5.10 Å². The average Bonchev–Trinajstić information content (AvgIpc) is 3.04. The molecular formula is C26H25Cl2N3O. The lowest BCUT2D eigenvalue weighted by Crippen LogP contribution is -2.34. The SMILES string of the molecule is Cc1cccc(-n2nc(C)c3c2NC2=C(C(=O)CC(C)(C)C2)C3c2cccc(Cl)c2Cl)c1. The maximum Gasteiger partial charge on any atom is 0.162 e. The lowest BCUT2D eigenvalue weighted by molar-refractivity contribution is -0.118. The summed E-state index contributed by atoms with van der Waals surface area (Å²) in [5.74, 6) is 0.728. The Morgan fingerprint density at radius 1 is 1.09 bits per heavy atom. The highest BCUT2D eigenvalue weighted by molar-refractivity contribution is 6.42. The number of rotatable bonds is 2. The van der Waals surface area contributed by atoms with E-state index in [9.17, 15) is 4.79 Å². The molecular weight excluding hydrogens is 441 g/mol. The van der Waals surface area contributed by atoms with Crippen molar-refractivity contribution in [3.63, 3.8) is 0 Å². The number of halogens is 2. The van der Waals surface area contributed by atoms with Gasteiger partial charge >= 0.3 is 0 Å². The molecule has 1 aliphatic heterocycles. The van der Waals surface area contributed by atoms with Crippen molar-refractivity contribution < 1.29 is 4.79 Å². The van der Waals surface area contributed by atoms with E-state index in [1.807, 2.05) is 35.9 Å². The molecule has 0 fully saturated rings. The first-order valence-electron chi connectivity index (χ1n) is 10.8. The standard InChI is InChI=1S/C26H25Cl2N3O/c1-14-7-5-8-16(11-14)31-25-21(15(2)30-31)22(17-9-6-10-18(27)24(17)28)23-19(29-25)12-26(3,4)13-20(23)32/h5-11,22,29H,12-13H2,1-4H3. The van der Waals surface area contributed by atoms with Crippen molar-refractivity contribution in [2.24, 2.45) is 5.41 Å². The summed E-state index contributed by atoms with van der Waals surface area (Å²) < 4.78 is 1.94. The number of carbonyl (C=O) groups is 1. The molecule has 1 aromatic heterocycles. The number of hydrogen-bond acceptors (Lipinski definition) is 3. The molecule has 0 bridgehead atoms. The highest BCUT2D eigenvalue weighted by Crippen LogP contribution is 2.52. The topological polar surface area (TPSA) is 46.9 Å². The quantitative estimate of drug-likeness (QED) is 0.443. The number of fused-ring (bicyclic) bond motifs is 1. The fourth-order valence-electron chi connectivity index (χ4n) is 5.07. The maximum atomic E-state index is 13.5. The van der Waals surface area contributed by atoms with Crippen LogP contribution in [0, 0.1) is 19.3 Å². The third kappa shape index (κ3) is 3.37. The summed E-state index contributed by atoms with van der Waals surface area (Å²) in [5, 5.41) is 9.47. The number of benzene rings is 2. The number of allylic oxidation sites excluding steroid dienone is 2. The third-order valence-electron chi connectivity index (χ3n) is 6.41. The Kier molecular flexibility index (Phi) is 4.99. The van der Waals surface area contributed by atoms with Crippen molar-refractivity contribution in [1.82, 2.24) is 9.78 Å². The first-order chi connectivity index (χ1) is 15.2. The Morgan fingerprint density at radius 2 is 1.84 bits per heavy atom. The van der Waals surface area contributed by atoms with Crippen LogP contribution in [0.4, 0.5) is 5.82 Å². The van der Waals surface area contributed by atoms with Gasteiger partial charge < -0.3 is 5.32 Å². The van der Waals surface area contributed by atoms with E-state index in [0.717, 1.165) is 51.6 Å². The van der Waals surface area contributed by atoms with E-state index in [2.05, 4.69) is 38.2 Å². The highest BCUT2D eigenvalue weighted by atomic mass is 35.5. The fourth-order valence-corrected chi connectivity index (χ4v) is 5.49. The number of nitrogens with one attached hydrogen (secondary N) is 1. The minimum atomic E-state index is -0.311. The Balaban J connectivity index is 1.80. The van der Waals surface area contributed by atoms with Crippen LogP contribution in [-0.4, -0.2) is 15.6 Å². The zero-order valence-electron chi connectivity index (χ0n) is 18.6. The number of aryl methyl sites for hydroxylation is 2. The second-order valence-electron chi connectivity index (χ2n) is 9.63. The number of carbonyl (C=O) groups excluding carboxylic acids is 1. The van der Waals surface area contributed by atoms with Gasteiger partial charge in [-0.25, -0.2) is 4.68 Å². The summed E-state index contributed by atoms with van der Waals surface area (Å²) in [6.45, 7) is 8.32. The smallest absolute Gasteiger partial charge is 0.162 e. The molecule has 1 N–H and O–H groups in total. The molecule has 4 nitrogen and oxygen atoms in total. The number of Topliss-reactive ketones (excluding diaryl/α,β-unsaturated/α-hetero) is 1. The second-order valence-corrected chi connectivity index (χ2v) is 10.4. The van der Waals surface area contributed by atoms with Gasteiger partial charge in [0.2, 0.25) is 0 Å². The van der Waals surface area contributed by atoms with E-state index < -0.39 is 0 Å². The Hall–Kier alpha value is -2.56. The minimum Gasteiger partial charge on any atom is -0.343 e. The van der Waals surface area contributed by atoms with E-state index >= 15 is 0 Å². The number of hydrogen-bond donors (Lipinski definition) is 1. The molecule has 0 amide bonds. The predicted molar refractivity (Wildman–Crippen MR) is 130 cm³/mol.